The first-order chi connectivity index (χ1) is 8.08. The van der Waals surface area contributed by atoms with Crippen LogP contribution in [-0.4, -0.2) is 6.54 Å². The fraction of sp³-hybridized carbons (Fsp3) is 0.538. The zero-order valence-electron chi connectivity index (χ0n) is 9.82. The Bertz CT molecular complexity index is 416. The van der Waals surface area contributed by atoms with Gasteiger partial charge in [0.1, 0.15) is 11.6 Å². The number of hydrogen-bond donors (Lipinski definition) is 1. The summed E-state index contributed by atoms with van der Waals surface area (Å²) in [5.74, 6) is -0.988. The standard InChI is InChI=1S/C13H16BrF2N/c1-2-13(5-6-13)8-17-7-9-11(15)4-3-10(14)12(9)16/h3-4,17H,2,5-8H2,1H3. The lowest BCUT2D eigenvalue weighted by Gasteiger charge is -2.14. The first-order valence-corrected chi connectivity index (χ1v) is 6.70. The second-order valence-electron chi connectivity index (χ2n) is 4.78. The van der Waals surface area contributed by atoms with Crippen molar-refractivity contribution in [3.63, 3.8) is 0 Å². The van der Waals surface area contributed by atoms with Gasteiger partial charge in [0.05, 0.1) is 4.47 Å². The second kappa shape index (κ2) is 5.02. The van der Waals surface area contributed by atoms with E-state index in [1.807, 2.05) is 0 Å². The normalized spacial score (nSPS) is 17.2. The molecule has 0 radical (unpaired) electrons. The summed E-state index contributed by atoms with van der Waals surface area (Å²) in [6, 6.07) is 2.68. The Morgan fingerprint density at radius 1 is 1.35 bits per heavy atom. The van der Waals surface area contributed by atoms with E-state index in [4.69, 9.17) is 0 Å². The van der Waals surface area contributed by atoms with Crippen LogP contribution in [0, 0.1) is 17.0 Å². The number of nitrogens with one attached hydrogen (secondary N) is 1. The molecule has 0 atom stereocenters. The largest absolute Gasteiger partial charge is 0.312 e. The van der Waals surface area contributed by atoms with Crippen LogP contribution in [0.25, 0.3) is 0 Å². The highest BCUT2D eigenvalue weighted by Crippen LogP contribution is 2.47. The van der Waals surface area contributed by atoms with E-state index in [1.54, 1.807) is 0 Å². The van der Waals surface area contributed by atoms with E-state index in [0.717, 1.165) is 13.0 Å². The summed E-state index contributed by atoms with van der Waals surface area (Å²) < 4.78 is 27.4. The molecule has 1 aromatic carbocycles. The average Bonchev–Trinajstić information content (AvgIpc) is 3.09. The minimum Gasteiger partial charge on any atom is -0.312 e. The van der Waals surface area contributed by atoms with E-state index in [2.05, 4.69) is 28.2 Å². The second-order valence-corrected chi connectivity index (χ2v) is 5.63. The summed E-state index contributed by atoms with van der Waals surface area (Å²) in [6.07, 6.45) is 3.57. The first kappa shape index (κ1) is 13.0. The molecule has 0 aromatic heterocycles. The molecule has 0 aliphatic heterocycles. The fourth-order valence-corrected chi connectivity index (χ4v) is 2.39. The van der Waals surface area contributed by atoms with Crippen LogP contribution >= 0.6 is 15.9 Å². The predicted molar refractivity (Wildman–Crippen MR) is 67.7 cm³/mol. The van der Waals surface area contributed by atoms with E-state index >= 15 is 0 Å². The molecule has 1 nitrogen and oxygen atoms in total. The molecule has 1 fully saturated rings. The van der Waals surface area contributed by atoms with E-state index in [0.29, 0.717) is 9.89 Å². The van der Waals surface area contributed by atoms with Crippen molar-refractivity contribution >= 4 is 15.9 Å². The maximum absolute atomic E-state index is 13.7. The topological polar surface area (TPSA) is 12.0 Å². The Labute approximate surface area is 109 Å². The summed E-state index contributed by atoms with van der Waals surface area (Å²) in [5, 5.41) is 3.16. The summed E-state index contributed by atoms with van der Waals surface area (Å²) in [4.78, 5) is 0. The lowest BCUT2D eigenvalue weighted by Crippen LogP contribution is -2.24. The van der Waals surface area contributed by atoms with Gasteiger partial charge >= 0.3 is 0 Å². The fourth-order valence-electron chi connectivity index (χ4n) is 2.02. The molecule has 1 aliphatic rings. The zero-order chi connectivity index (χ0) is 12.5. The maximum Gasteiger partial charge on any atom is 0.144 e. The van der Waals surface area contributed by atoms with Gasteiger partial charge in [0.15, 0.2) is 0 Å². The molecular formula is C13H16BrF2N. The minimum absolute atomic E-state index is 0.117. The molecule has 0 bridgehead atoms. The Kier molecular flexibility index (Phi) is 3.83. The van der Waals surface area contributed by atoms with Crippen LogP contribution in [0.2, 0.25) is 0 Å². The number of benzene rings is 1. The molecule has 17 heavy (non-hydrogen) atoms. The highest BCUT2D eigenvalue weighted by Gasteiger charge is 2.39. The quantitative estimate of drug-likeness (QED) is 0.811. The molecule has 0 saturated heterocycles. The average molecular weight is 304 g/mol. The SMILES string of the molecule is CCC1(CNCc2c(F)ccc(Br)c2F)CC1. The Balaban J connectivity index is 1.97. The van der Waals surface area contributed by atoms with Crippen molar-refractivity contribution in [2.75, 3.05) is 6.54 Å². The smallest absolute Gasteiger partial charge is 0.144 e. The van der Waals surface area contributed by atoms with Crippen molar-refractivity contribution in [2.24, 2.45) is 5.41 Å². The van der Waals surface area contributed by atoms with Gasteiger partial charge in [0.2, 0.25) is 0 Å². The van der Waals surface area contributed by atoms with Crippen LogP contribution in [0.5, 0.6) is 0 Å². The van der Waals surface area contributed by atoms with E-state index in [9.17, 15) is 8.78 Å². The van der Waals surface area contributed by atoms with Gasteiger partial charge in [-0.2, -0.15) is 0 Å². The summed E-state index contributed by atoms with van der Waals surface area (Å²) in [7, 11) is 0. The third-order valence-corrected chi connectivity index (χ3v) is 4.26. The molecule has 1 aromatic rings. The van der Waals surface area contributed by atoms with Crippen molar-refractivity contribution in [1.82, 2.24) is 5.32 Å². The maximum atomic E-state index is 13.7. The molecule has 0 unspecified atom stereocenters. The Morgan fingerprint density at radius 3 is 2.65 bits per heavy atom. The summed E-state index contributed by atoms with van der Waals surface area (Å²) in [6.45, 7) is 3.25. The molecule has 1 N–H and O–H groups in total. The van der Waals surface area contributed by atoms with Gasteiger partial charge in [0, 0.05) is 18.7 Å². The van der Waals surface area contributed by atoms with Crippen LogP contribution in [-0.2, 0) is 6.54 Å². The molecule has 0 spiro atoms. The third kappa shape index (κ3) is 2.86. The Morgan fingerprint density at radius 2 is 2.06 bits per heavy atom. The van der Waals surface area contributed by atoms with Crippen molar-refractivity contribution in [3.8, 4) is 0 Å². The molecular weight excluding hydrogens is 288 g/mol. The monoisotopic (exact) mass is 303 g/mol. The number of hydrogen-bond acceptors (Lipinski definition) is 1. The van der Waals surface area contributed by atoms with Crippen molar-refractivity contribution < 1.29 is 8.78 Å². The molecule has 1 saturated carbocycles. The van der Waals surface area contributed by atoms with E-state index in [1.165, 1.54) is 25.0 Å². The lowest BCUT2D eigenvalue weighted by molar-refractivity contribution is 0.434. The van der Waals surface area contributed by atoms with Gasteiger partial charge in [-0.05, 0) is 52.7 Å². The van der Waals surface area contributed by atoms with Crippen LogP contribution in [0.1, 0.15) is 31.7 Å². The van der Waals surface area contributed by atoms with Gasteiger partial charge in [-0.15, -0.1) is 0 Å². The zero-order valence-corrected chi connectivity index (χ0v) is 11.4. The number of halogens is 3. The van der Waals surface area contributed by atoms with Gasteiger partial charge in [-0.25, -0.2) is 8.78 Å². The summed E-state index contributed by atoms with van der Waals surface area (Å²) >= 11 is 3.07. The molecule has 4 heteroatoms. The van der Waals surface area contributed by atoms with Crippen molar-refractivity contribution in [2.45, 2.75) is 32.7 Å². The first-order valence-electron chi connectivity index (χ1n) is 5.91. The van der Waals surface area contributed by atoms with Gasteiger partial charge in [-0.1, -0.05) is 6.92 Å². The van der Waals surface area contributed by atoms with E-state index < -0.39 is 11.6 Å². The van der Waals surface area contributed by atoms with Crippen LogP contribution in [0.15, 0.2) is 16.6 Å². The lowest BCUT2D eigenvalue weighted by atomic mass is 10.0. The van der Waals surface area contributed by atoms with Gasteiger partial charge in [0.25, 0.3) is 0 Å². The highest BCUT2D eigenvalue weighted by molar-refractivity contribution is 9.10. The highest BCUT2D eigenvalue weighted by atomic mass is 79.9. The van der Waals surface area contributed by atoms with E-state index in [-0.39, 0.29) is 12.1 Å². The minimum atomic E-state index is -0.501. The molecule has 94 valence electrons. The Hall–Kier alpha value is -0.480. The molecule has 0 heterocycles. The van der Waals surface area contributed by atoms with Gasteiger partial charge < -0.3 is 5.32 Å². The van der Waals surface area contributed by atoms with Crippen LogP contribution < -0.4 is 5.32 Å². The predicted octanol–water partition coefficient (Wildman–Crippen LogP) is 4.01. The number of rotatable bonds is 5. The molecule has 0 amide bonds. The van der Waals surface area contributed by atoms with Crippen LogP contribution in [0.4, 0.5) is 8.78 Å². The van der Waals surface area contributed by atoms with Crippen molar-refractivity contribution in [1.29, 1.82) is 0 Å². The molecule has 1 aliphatic carbocycles. The van der Waals surface area contributed by atoms with Crippen LogP contribution in [0.3, 0.4) is 0 Å². The molecule has 2 rings (SSSR count). The van der Waals surface area contributed by atoms with Gasteiger partial charge in [-0.3, -0.25) is 0 Å². The van der Waals surface area contributed by atoms with Crippen molar-refractivity contribution in [3.05, 3.63) is 33.8 Å². The third-order valence-electron chi connectivity index (χ3n) is 3.65. The summed E-state index contributed by atoms with van der Waals surface area (Å²) in [5.41, 5.74) is 0.505.